The number of nitrogens with zero attached hydrogens (tertiary/aromatic N) is 1. The van der Waals surface area contributed by atoms with E-state index in [2.05, 4.69) is 28.4 Å². The maximum Gasteiger partial charge on any atom is 0.189 e. The number of ketones is 2. The standard InChI is InChI=1S/C41H36N2O4/c1-43-24-29(23-28-15-7-9-21-33(28)46-2)38(44)40(25-43)36(30-18-8-10-22-34(30)47-3)37(27-13-5-4-6-14-27)42-41(40)32-20-12-17-26-16-11-19-31(35(26)32)39(41)45/h4-23,36-37,42H,24-25H2,1-3H3/b29-23+/t36-,37-,40-,41-/m0/s1. The predicted molar refractivity (Wildman–Crippen MR) is 184 cm³/mol. The van der Waals surface area contributed by atoms with E-state index in [1.165, 1.54) is 0 Å². The molecule has 1 aliphatic carbocycles. The summed E-state index contributed by atoms with van der Waals surface area (Å²) in [4.78, 5) is 33.5. The van der Waals surface area contributed by atoms with E-state index in [-0.39, 0.29) is 17.6 Å². The molecule has 0 saturated carbocycles. The Balaban J connectivity index is 1.49. The zero-order valence-electron chi connectivity index (χ0n) is 26.7. The third-order valence-corrected chi connectivity index (χ3v) is 10.6. The first kappa shape index (κ1) is 29.4. The van der Waals surface area contributed by atoms with Crippen LogP contribution < -0.4 is 14.8 Å². The van der Waals surface area contributed by atoms with E-state index in [1.54, 1.807) is 14.2 Å². The summed E-state index contributed by atoms with van der Waals surface area (Å²) in [5, 5.41) is 5.85. The molecule has 2 spiro atoms. The highest BCUT2D eigenvalue weighted by atomic mass is 16.5. The number of ether oxygens (including phenoxy) is 2. The average Bonchev–Trinajstić information content (AvgIpc) is 3.54. The lowest BCUT2D eigenvalue weighted by Gasteiger charge is -2.50. The molecule has 6 nitrogen and oxygen atoms in total. The molecule has 47 heavy (non-hydrogen) atoms. The predicted octanol–water partition coefficient (Wildman–Crippen LogP) is 6.96. The Morgan fingerprint density at radius 2 is 1.45 bits per heavy atom. The van der Waals surface area contributed by atoms with Gasteiger partial charge >= 0.3 is 0 Å². The number of piperidine rings is 1. The molecule has 6 heteroatoms. The second-order valence-electron chi connectivity index (χ2n) is 12.9. The van der Waals surface area contributed by atoms with Crippen LogP contribution in [0.4, 0.5) is 0 Å². The normalized spacial score (nSPS) is 26.1. The van der Waals surface area contributed by atoms with Gasteiger partial charge in [-0.25, -0.2) is 0 Å². The van der Waals surface area contributed by atoms with E-state index in [0.717, 1.165) is 33.0 Å². The van der Waals surface area contributed by atoms with Gasteiger partial charge in [-0.15, -0.1) is 0 Å². The highest BCUT2D eigenvalue weighted by Gasteiger charge is 2.75. The number of fused-ring (bicyclic) bond motifs is 2. The van der Waals surface area contributed by atoms with E-state index in [4.69, 9.17) is 9.47 Å². The van der Waals surface area contributed by atoms with Crippen molar-refractivity contribution in [2.45, 2.75) is 17.5 Å². The minimum absolute atomic E-state index is 0.0403. The fourth-order valence-electron chi connectivity index (χ4n) is 8.84. The van der Waals surface area contributed by atoms with Crippen molar-refractivity contribution in [2.24, 2.45) is 5.41 Å². The van der Waals surface area contributed by atoms with E-state index in [1.807, 2.05) is 110 Å². The van der Waals surface area contributed by atoms with Gasteiger partial charge in [0.1, 0.15) is 17.0 Å². The molecule has 2 aliphatic heterocycles. The summed E-state index contributed by atoms with van der Waals surface area (Å²) >= 11 is 0. The van der Waals surface area contributed by atoms with Gasteiger partial charge in [-0.1, -0.05) is 103 Å². The summed E-state index contributed by atoms with van der Waals surface area (Å²) < 4.78 is 11.7. The molecule has 0 bridgehead atoms. The van der Waals surface area contributed by atoms with Crippen molar-refractivity contribution in [2.75, 3.05) is 34.4 Å². The smallest absolute Gasteiger partial charge is 0.189 e. The van der Waals surface area contributed by atoms with Crippen LogP contribution in [0.25, 0.3) is 16.8 Å². The van der Waals surface area contributed by atoms with Gasteiger partial charge in [0, 0.05) is 47.3 Å². The summed E-state index contributed by atoms with van der Waals surface area (Å²) in [6.07, 6.45) is 1.95. The molecule has 2 heterocycles. The minimum Gasteiger partial charge on any atom is -0.496 e. The molecular weight excluding hydrogens is 584 g/mol. The van der Waals surface area contributed by atoms with Gasteiger partial charge in [0.2, 0.25) is 0 Å². The molecule has 0 aromatic heterocycles. The molecule has 8 rings (SSSR count). The fraction of sp³-hybridized carbons (Fsp3) is 0.220. The number of nitrogens with one attached hydrogen (secondary N) is 1. The SMILES string of the molecule is COc1ccccc1/C=C1\CN(C)C[C@@]2(C1=O)[C@@H](c1ccccc1OC)[C@H](c1ccccc1)N[C@@]21C(=O)c2cccc3cccc1c23. The Hall–Kier alpha value is -5.04. The summed E-state index contributed by atoms with van der Waals surface area (Å²) in [6, 6.07) is 37.5. The molecule has 1 N–H and O–H groups in total. The quantitative estimate of drug-likeness (QED) is 0.214. The van der Waals surface area contributed by atoms with Crippen LogP contribution in [-0.2, 0) is 10.3 Å². The number of Topliss-reactive ketones (excluding diaryl/α,β-unsaturated/α-hetero) is 2. The van der Waals surface area contributed by atoms with Crippen LogP contribution in [-0.4, -0.2) is 50.8 Å². The fourth-order valence-corrected chi connectivity index (χ4v) is 8.84. The topological polar surface area (TPSA) is 67.9 Å². The zero-order valence-corrected chi connectivity index (χ0v) is 26.7. The van der Waals surface area contributed by atoms with Crippen LogP contribution >= 0.6 is 0 Å². The molecule has 0 unspecified atom stereocenters. The maximum absolute atomic E-state index is 15.9. The number of hydrogen-bond donors (Lipinski definition) is 1. The van der Waals surface area contributed by atoms with E-state index >= 15 is 9.59 Å². The molecule has 2 fully saturated rings. The van der Waals surface area contributed by atoms with Gasteiger partial charge in [0.05, 0.1) is 19.6 Å². The third kappa shape index (κ3) is 4.05. The highest BCUT2D eigenvalue weighted by Crippen LogP contribution is 2.67. The van der Waals surface area contributed by atoms with E-state index in [0.29, 0.717) is 35.7 Å². The van der Waals surface area contributed by atoms with Crippen molar-refractivity contribution in [3.63, 3.8) is 0 Å². The number of carbonyl (C=O) groups excluding carboxylic acids is 2. The Labute approximate surface area is 274 Å². The van der Waals surface area contributed by atoms with E-state index < -0.39 is 16.9 Å². The van der Waals surface area contributed by atoms with Crippen LogP contribution in [0.2, 0.25) is 0 Å². The number of benzene rings is 5. The first-order valence-corrected chi connectivity index (χ1v) is 16.0. The number of rotatable bonds is 5. The number of carbonyl (C=O) groups is 2. The second kappa shape index (κ2) is 11.0. The lowest BCUT2D eigenvalue weighted by atomic mass is 9.54. The Morgan fingerprint density at radius 3 is 2.21 bits per heavy atom. The first-order chi connectivity index (χ1) is 22.9. The number of hydrogen-bond acceptors (Lipinski definition) is 6. The zero-order chi connectivity index (χ0) is 32.3. The maximum atomic E-state index is 15.9. The van der Waals surface area contributed by atoms with Crippen LogP contribution in [0.1, 0.15) is 44.6 Å². The van der Waals surface area contributed by atoms with Crippen molar-refractivity contribution in [1.82, 2.24) is 10.2 Å². The molecule has 0 amide bonds. The van der Waals surface area contributed by atoms with Crippen molar-refractivity contribution in [3.8, 4) is 11.5 Å². The third-order valence-electron chi connectivity index (χ3n) is 10.6. The van der Waals surface area contributed by atoms with Crippen molar-refractivity contribution < 1.29 is 19.1 Å². The summed E-state index contributed by atoms with van der Waals surface area (Å²) in [5.41, 5.74) is 2.25. The number of likely N-dealkylation sites (N-methyl/N-ethyl adjacent to an activating group) is 1. The Bertz CT molecular complexity index is 2080. The van der Waals surface area contributed by atoms with Crippen molar-refractivity contribution >= 4 is 28.4 Å². The highest BCUT2D eigenvalue weighted by molar-refractivity contribution is 6.24. The Kier molecular flexibility index (Phi) is 6.90. The van der Waals surface area contributed by atoms with Gasteiger partial charge < -0.3 is 14.4 Å². The Morgan fingerprint density at radius 1 is 0.766 bits per heavy atom. The van der Waals surface area contributed by atoms with Crippen LogP contribution in [0.3, 0.4) is 0 Å². The number of methoxy groups -OCH3 is 2. The summed E-state index contributed by atoms with van der Waals surface area (Å²) in [5.74, 6) is 0.802. The summed E-state index contributed by atoms with van der Waals surface area (Å²) in [6.45, 7) is 0.805. The van der Waals surface area contributed by atoms with Gasteiger partial charge in [0.25, 0.3) is 0 Å². The van der Waals surface area contributed by atoms with Crippen molar-refractivity contribution in [3.05, 3.63) is 149 Å². The summed E-state index contributed by atoms with van der Waals surface area (Å²) in [7, 11) is 5.35. The number of likely N-dealkylation sites (tertiary alicyclic amines) is 1. The van der Waals surface area contributed by atoms with Crippen LogP contribution in [0.15, 0.2) is 121 Å². The largest absolute Gasteiger partial charge is 0.496 e. The molecule has 3 aliphatic rings. The monoisotopic (exact) mass is 620 g/mol. The minimum atomic E-state index is -1.35. The molecule has 4 atom stereocenters. The second-order valence-corrected chi connectivity index (χ2v) is 12.9. The molecule has 5 aromatic rings. The van der Waals surface area contributed by atoms with Gasteiger partial charge in [0.15, 0.2) is 11.6 Å². The van der Waals surface area contributed by atoms with Gasteiger partial charge in [-0.2, -0.15) is 0 Å². The van der Waals surface area contributed by atoms with E-state index in [9.17, 15) is 0 Å². The molecule has 5 aromatic carbocycles. The first-order valence-electron chi connectivity index (χ1n) is 16.0. The average molecular weight is 621 g/mol. The van der Waals surface area contributed by atoms with Gasteiger partial charge in [-0.05, 0) is 47.2 Å². The molecule has 2 saturated heterocycles. The molecule has 0 radical (unpaired) electrons. The lowest BCUT2D eigenvalue weighted by molar-refractivity contribution is -0.132. The van der Waals surface area contributed by atoms with Crippen LogP contribution in [0.5, 0.6) is 11.5 Å². The molecular formula is C41H36N2O4. The number of para-hydroxylation sites is 2. The lowest BCUT2D eigenvalue weighted by Crippen LogP contribution is -2.64. The van der Waals surface area contributed by atoms with Crippen molar-refractivity contribution in [1.29, 1.82) is 0 Å². The van der Waals surface area contributed by atoms with Gasteiger partial charge in [-0.3, -0.25) is 14.9 Å². The van der Waals surface area contributed by atoms with Crippen LogP contribution in [0, 0.1) is 5.41 Å². The molecule has 234 valence electrons.